The third-order valence-corrected chi connectivity index (χ3v) is 4.36. The SMILES string of the molecule is CN1CCN(C)C(CC(N)Cc2cccc(Cl)c2F)C1. The summed E-state index contributed by atoms with van der Waals surface area (Å²) >= 11 is 5.80. The second-order valence-electron chi connectivity index (χ2n) is 5.81. The average molecular weight is 300 g/mol. The highest BCUT2D eigenvalue weighted by Crippen LogP contribution is 2.20. The van der Waals surface area contributed by atoms with Gasteiger partial charge in [-0.1, -0.05) is 23.7 Å². The van der Waals surface area contributed by atoms with Gasteiger partial charge in [0.05, 0.1) is 5.02 Å². The van der Waals surface area contributed by atoms with E-state index in [0.29, 0.717) is 18.0 Å². The molecule has 1 fully saturated rings. The van der Waals surface area contributed by atoms with Crippen molar-refractivity contribution in [3.63, 3.8) is 0 Å². The van der Waals surface area contributed by atoms with E-state index in [4.69, 9.17) is 17.3 Å². The number of halogens is 2. The van der Waals surface area contributed by atoms with Crippen molar-refractivity contribution in [2.45, 2.75) is 24.9 Å². The predicted octanol–water partition coefficient (Wildman–Crippen LogP) is 1.98. The molecule has 0 amide bonds. The van der Waals surface area contributed by atoms with E-state index >= 15 is 0 Å². The maximum absolute atomic E-state index is 13.9. The Kier molecular flexibility index (Phi) is 5.38. The Balaban J connectivity index is 1.94. The van der Waals surface area contributed by atoms with Crippen molar-refractivity contribution in [2.24, 2.45) is 5.73 Å². The zero-order valence-corrected chi connectivity index (χ0v) is 12.9. The second-order valence-corrected chi connectivity index (χ2v) is 6.22. The zero-order chi connectivity index (χ0) is 14.7. The number of likely N-dealkylation sites (N-methyl/N-ethyl adjacent to an activating group) is 2. The Bertz CT molecular complexity index is 455. The number of nitrogens with zero attached hydrogens (tertiary/aromatic N) is 2. The molecule has 20 heavy (non-hydrogen) atoms. The van der Waals surface area contributed by atoms with Crippen LogP contribution in [0.3, 0.4) is 0 Å². The maximum atomic E-state index is 13.9. The van der Waals surface area contributed by atoms with Crippen molar-refractivity contribution in [1.82, 2.24) is 9.80 Å². The Morgan fingerprint density at radius 2 is 2.15 bits per heavy atom. The third kappa shape index (κ3) is 3.92. The molecule has 2 N–H and O–H groups in total. The smallest absolute Gasteiger partial charge is 0.145 e. The molecule has 3 nitrogen and oxygen atoms in total. The monoisotopic (exact) mass is 299 g/mol. The van der Waals surface area contributed by atoms with Crippen molar-refractivity contribution in [2.75, 3.05) is 33.7 Å². The van der Waals surface area contributed by atoms with Gasteiger partial charge in [0.2, 0.25) is 0 Å². The first-order valence-electron chi connectivity index (χ1n) is 7.04. The predicted molar refractivity (Wildman–Crippen MR) is 81.6 cm³/mol. The average Bonchev–Trinajstić information content (AvgIpc) is 2.39. The lowest BCUT2D eigenvalue weighted by molar-refractivity contribution is 0.104. The van der Waals surface area contributed by atoms with Gasteiger partial charge in [-0.05, 0) is 38.6 Å². The van der Waals surface area contributed by atoms with Crippen LogP contribution in [0.2, 0.25) is 5.02 Å². The molecular weight excluding hydrogens is 277 g/mol. The standard InChI is InChI=1S/C15H23ClFN3/c1-19-6-7-20(2)13(10-19)9-12(18)8-11-4-3-5-14(16)15(11)17/h3-5,12-13H,6-10,18H2,1-2H3. The summed E-state index contributed by atoms with van der Waals surface area (Å²) in [6, 6.07) is 5.48. The highest BCUT2D eigenvalue weighted by molar-refractivity contribution is 6.30. The van der Waals surface area contributed by atoms with Gasteiger partial charge in [-0.25, -0.2) is 4.39 Å². The fourth-order valence-corrected chi connectivity index (χ4v) is 2.97. The topological polar surface area (TPSA) is 32.5 Å². The minimum absolute atomic E-state index is 0.0538. The minimum Gasteiger partial charge on any atom is -0.327 e. The third-order valence-electron chi connectivity index (χ3n) is 4.07. The van der Waals surface area contributed by atoms with Crippen molar-refractivity contribution in [3.8, 4) is 0 Å². The van der Waals surface area contributed by atoms with Gasteiger partial charge in [-0.15, -0.1) is 0 Å². The van der Waals surface area contributed by atoms with Crippen LogP contribution in [-0.2, 0) is 6.42 Å². The van der Waals surface area contributed by atoms with Crippen LogP contribution < -0.4 is 5.73 Å². The molecule has 1 aliphatic heterocycles. The number of piperazine rings is 1. The van der Waals surface area contributed by atoms with Crippen molar-refractivity contribution < 1.29 is 4.39 Å². The molecule has 0 aromatic heterocycles. The summed E-state index contributed by atoms with van der Waals surface area (Å²) in [6.07, 6.45) is 1.40. The number of benzene rings is 1. The summed E-state index contributed by atoms with van der Waals surface area (Å²) in [5.41, 5.74) is 6.82. The highest BCUT2D eigenvalue weighted by atomic mass is 35.5. The van der Waals surface area contributed by atoms with E-state index in [2.05, 4.69) is 23.9 Å². The first-order chi connectivity index (χ1) is 9.47. The van der Waals surface area contributed by atoms with Gasteiger partial charge >= 0.3 is 0 Å². The van der Waals surface area contributed by atoms with E-state index in [1.54, 1.807) is 18.2 Å². The number of hydrogen-bond acceptors (Lipinski definition) is 3. The van der Waals surface area contributed by atoms with Crippen LogP contribution in [0.25, 0.3) is 0 Å². The van der Waals surface area contributed by atoms with Crippen LogP contribution in [0.1, 0.15) is 12.0 Å². The molecule has 0 saturated carbocycles. The first kappa shape index (κ1) is 15.7. The summed E-state index contributed by atoms with van der Waals surface area (Å²) in [5, 5.41) is 0.171. The lowest BCUT2D eigenvalue weighted by Gasteiger charge is -2.38. The van der Waals surface area contributed by atoms with Gasteiger partial charge in [0.1, 0.15) is 5.82 Å². The number of hydrogen-bond donors (Lipinski definition) is 1. The van der Waals surface area contributed by atoms with E-state index in [1.807, 2.05) is 0 Å². The van der Waals surface area contributed by atoms with Gasteiger partial charge in [-0.3, -0.25) is 0 Å². The molecule has 0 radical (unpaired) electrons. The number of rotatable bonds is 4. The highest BCUT2D eigenvalue weighted by Gasteiger charge is 2.24. The largest absolute Gasteiger partial charge is 0.327 e. The molecule has 1 aromatic carbocycles. The fourth-order valence-electron chi connectivity index (χ4n) is 2.78. The zero-order valence-electron chi connectivity index (χ0n) is 12.1. The van der Waals surface area contributed by atoms with Gasteiger partial charge in [0.15, 0.2) is 0 Å². The van der Waals surface area contributed by atoms with Crippen LogP contribution >= 0.6 is 11.6 Å². The summed E-state index contributed by atoms with van der Waals surface area (Å²) in [4.78, 5) is 4.66. The van der Waals surface area contributed by atoms with Gasteiger partial charge in [0.25, 0.3) is 0 Å². The van der Waals surface area contributed by atoms with Gasteiger partial charge in [0, 0.05) is 31.7 Å². The molecule has 1 aliphatic rings. The fraction of sp³-hybridized carbons (Fsp3) is 0.600. The molecule has 0 spiro atoms. The van der Waals surface area contributed by atoms with Crippen LogP contribution in [0, 0.1) is 5.82 Å². The molecular formula is C15H23ClFN3. The molecule has 2 atom stereocenters. The van der Waals surface area contributed by atoms with Crippen LogP contribution in [0.5, 0.6) is 0 Å². The van der Waals surface area contributed by atoms with Crippen molar-refractivity contribution in [1.29, 1.82) is 0 Å². The lowest BCUT2D eigenvalue weighted by Crippen LogP contribution is -2.51. The number of nitrogens with two attached hydrogens (primary N) is 1. The van der Waals surface area contributed by atoms with E-state index < -0.39 is 0 Å². The minimum atomic E-state index is -0.335. The Morgan fingerprint density at radius 1 is 1.40 bits per heavy atom. The van der Waals surface area contributed by atoms with E-state index in [-0.39, 0.29) is 16.9 Å². The van der Waals surface area contributed by atoms with Crippen molar-refractivity contribution in [3.05, 3.63) is 34.6 Å². The molecule has 2 unspecified atom stereocenters. The Morgan fingerprint density at radius 3 is 2.90 bits per heavy atom. The van der Waals surface area contributed by atoms with Gasteiger partial charge < -0.3 is 15.5 Å². The molecule has 1 saturated heterocycles. The van der Waals surface area contributed by atoms with Crippen molar-refractivity contribution >= 4 is 11.6 Å². The van der Waals surface area contributed by atoms with E-state index in [0.717, 1.165) is 26.1 Å². The molecule has 5 heteroatoms. The van der Waals surface area contributed by atoms with Gasteiger partial charge in [-0.2, -0.15) is 0 Å². The molecule has 2 rings (SSSR count). The summed E-state index contributed by atoms with van der Waals surface area (Å²) in [6.45, 7) is 3.16. The molecule has 1 heterocycles. The van der Waals surface area contributed by atoms with E-state index in [9.17, 15) is 4.39 Å². The normalized spacial score (nSPS) is 22.9. The van der Waals surface area contributed by atoms with Crippen LogP contribution in [0.4, 0.5) is 4.39 Å². The first-order valence-corrected chi connectivity index (χ1v) is 7.42. The molecule has 112 valence electrons. The summed E-state index contributed by atoms with van der Waals surface area (Å²) < 4.78 is 13.9. The molecule has 1 aromatic rings. The summed E-state index contributed by atoms with van der Waals surface area (Å²) in [5.74, 6) is -0.335. The second kappa shape index (κ2) is 6.85. The Hall–Kier alpha value is -0.680. The summed E-state index contributed by atoms with van der Waals surface area (Å²) in [7, 11) is 4.26. The molecule has 0 aliphatic carbocycles. The van der Waals surface area contributed by atoms with Crippen LogP contribution in [-0.4, -0.2) is 55.6 Å². The quantitative estimate of drug-likeness (QED) is 0.923. The maximum Gasteiger partial charge on any atom is 0.145 e. The van der Waals surface area contributed by atoms with E-state index in [1.165, 1.54) is 0 Å². The van der Waals surface area contributed by atoms with Crippen LogP contribution in [0.15, 0.2) is 18.2 Å². The lowest BCUT2D eigenvalue weighted by atomic mass is 9.98. The molecule has 0 bridgehead atoms. The Labute approximate surface area is 125 Å².